The van der Waals surface area contributed by atoms with E-state index in [0.29, 0.717) is 12.5 Å². The lowest BCUT2D eigenvalue weighted by Crippen LogP contribution is -2.19. The lowest BCUT2D eigenvalue weighted by atomic mass is 10.0. The van der Waals surface area contributed by atoms with Gasteiger partial charge < -0.3 is 18.9 Å². The summed E-state index contributed by atoms with van der Waals surface area (Å²) in [5.41, 5.74) is 0. The van der Waals surface area contributed by atoms with Gasteiger partial charge >= 0.3 is 0 Å². The first-order valence-corrected chi connectivity index (χ1v) is 12.4. The van der Waals surface area contributed by atoms with Crippen molar-refractivity contribution in [3.05, 3.63) is 54.6 Å². The molecule has 4 nitrogen and oxygen atoms in total. The van der Waals surface area contributed by atoms with Crippen molar-refractivity contribution in [2.24, 2.45) is 5.92 Å². The molecule has 0 spiro atoms. The number of hydrogen-bond acceptors (Lipinski definition) is 4. The van der Waals surface area contributed by atoms with Gasteiger partial charge in [-0.05, 0) is 68.5 Å². The molecule has 2 atom stereocenters. The van der Waals surface area contributed by atoms with Crippen molar-refractivity contribution in [1.82, 2.24) is 0 Å². The molecule has 0 saturated heterocycles. The number of ether oxygens (including phenoxy) is 4. The first-order chi connectivity index (χ1) is 15.7. The largest absolute Gasteiger partial charge is 0.494 e. The molecular weight excluding hydrogens is 400 g/mol. The van der Waals surface area contributed by atoms with E-state index in [-0.39, 0.29) is 6.10 Å². The molecule has 0 bridgehead atoms. The summed E-state index contributed by atoms with van der Waals surface area (Å²) in [7, 11) is 0. The van der Waals surface area contributed by atoms with Crippen LogP contribution in [0.2, 0.25) is 0 Å². The molecule has 0 aliphatic rings. The highest BCUT2D eigenvalue weighted by molar-refractivity contribution is 5.31. The Balaban J connectivity index is 1.60. The van der Waals surface area contributed by atoms with Crippen LogP contribution < -0.4 is 14.2 Å². The van der Waals surface area contributed by atoms with Crippen LogP contribution in [0.15, 0.2) is 54.6 Å². The van der Waals surface area contributed by atoms with Gasteiger partial charge in [0.25, 0.3) is 0 Å². The van der Waals surface area contributed by atoms with E-state index in [1.54, 1.807) is 0 Å². The summed E-state index contributed by atoms with van der Waals surface area (Å²) < 4.78 is 23.5. The summed E-state index contributed by atoms with van der Waals surface area (Å²) in [6.45, 7) is 9.39. The lowest BCUT2D eigenvalue weighted by Gasteiger charge is -2.17. The lowest BCUT2D eigenvalue weighted by molar-refractivity contribution is 0.0566. The van der Waals surface area contributed by atoms with E-state index in [4.69, 9.17) is 18.9 Å². The van der Waals surface area contributed by atoms with Gasteiger partial charge in [-0.3, -0.25) is 0 Å². The predicted octanol–water partition coefficient (Wildman–Crippen LogP) is 7.32. The van der Waals surface area contributed by atoms with Crippen molar-refractivity contribution in [3.8, 4) is 17.2 Å². The Hall–Kier alpha value is -2.20. The molecule has 4 heteroatoms. The van der Waals surface area contributed by atoms with Crippen LogP contribution in [0.3, 0.4) is 0 Å². The third-order valence-corrected chi connectivity index (χ3v) is 5.49. The fraction of sp³-hybridized carbons (Fsp3) is 0.571. The maximum absolute atomic E-state index is 6.02. The van der Waals surface area contributed by atoms with Gasteiger partial charge in [-0.2, -0.15) is 0 Å². The third-order valence-electron chi connectivity index (χ3n) is 5.49. The third kappa shape index (κ3) is 11.4. The minimum atomic E-state index is 0.0375. The molecule has 2 unspecified atom stereocenters. The fourth-order valence-corrected chi connectivity index (χ4v) is 3.46. The average Bonchev–Trinajstić information content (AvgIpc) is 2.82. The molecule has 2 rings (SSSR count). The van der Waals surface area contributed by atoms with Gasteiger partial charge in [0.05, 0.1) is 19.8 Å². The van der Waals surface area contributed by atoms with Crippen LogP contribution in [-0.2, 0) is 4.74 Å². The van der Waals surface area contributed by atoms with Crippen LogP contribution in [-0.4, -0.2) is 32.5 Å². The molecule has 0 fully saturated rings. The van der Waals surface area contributed by atoms with Crippen LogP contribution in [0.4, 0.5) is 0 Å². The standard InChI is InChI=1S/C28H42O4/c1-4-6-7-11-20-29-22-24(3)32-28-18-16-27(17-19-28)31-23-25(5-2)13-12-21-30-26-14-9-8-10-15-26/h8-10,14-19,24-25H,4-7,11-13,20-23H2,1-3H3. The Morgan fingerprint density at radius 2 is 1.41 bits per heavy atom. The van der Waals surface area contributed by atoms with E-state index in [1.165, 1.54) is 19.3 Å². The first-order valence-electron chi connectivity index (χ1n) is 12.4. The van der Waals surface area contributed by atoms with E-state index >= 15 is 0 Å². The summed E-state index contributed by atoms with van der Waals surface area (Å²) in [5.74, 6) is 3.20. The van der Waals surface area contributed by atoms with Gasteiger partial charge in [0.1, 0.15) is 23.4 Å². The molecule has 2 aromatic carbocycles. The molecule has 0 heterocycles. The second-order valence-electron chi connectivity index (χ2n) is 8.42. The summed E-state index contributed by atoms with van der Waals surface area (Å²) in [4.78, 5) is 0. The predicted molar refractivity (Wildman–Crippen MR) is 132 cm³/mol. The molecule has 0 radical (unpaired) electrons. The number of benzene rings is 2. The summed E-state index contributed by atoms with van der Waals surface area (Å²) >= 11 is 0. The summed E-state index contributed by atoms with van der Waals surface area (Å²) in [5, 5.41) is 0. The monoisotopic (exact) mass is 442 g/mol. The van der Waals surface area contributed by atoms with E-state index in [9.17, 15) is 0 Å². The molecular formula is C28H42O4. The zero-order valence-electron chi connectivity index (χ0n) is 20.3. The van der Waals surface area contributed by atoms with Gasteiger partial charge in [-0.25, -0.2) is 0 Å². The Labute approximate surface area is 195 Å². The second-order valence-corrected chi connectivity index (χ2v) is 8.42. The maximum Gasteiger partial charge on any atom is 0.120 e. The van der Waals surface area contributed by atoms with E-state index in [1.807, 2.05) is 61.5 Å². The van der Waals surface area contributed by atoms with Crippen molar-refractivity contribution in [2.45, 2.75) is 71.8 Å². The van der Waals surface area contributed by atoms with Gasteiger partial charge in [-0.15, -0.1) is 0 Å². The Morgan fingerprint density at radius 3 is 2.12 bits per heavy atom. The fourth-order valence-electron chi connectivity index (χ4n) is 3.46. The molecule has 0 N–H and O–H groups in total. The zero-order chi connectivity index (χ0) is 22.9. The van der Waals surface area contributed by atoms with Crippen LogP contribution in [0.5, 0.6) is 17.2 Å². The van der Waals surface area contributed by atoms with Crippen LogP contribution in [0.1, 0.15) is 65.7 Å². The van der Waals surface area contributed by atoms with Crippen molar-refractivity contribution >= 4 is 0 Å². The Bertz CT molecular complexity index is 686. The number of rotatable bonds is 18. The van der Waals surface area contributed by atoms with Crippen molar-refractivity contribution < 1.29 is 18.9 Å². The highest BCUT2D eigenvalue weighted by atomic mass is 16.5. The number of unbranched alkanes of at least 4 members (excludes halogenated alkanes) is 3. The van der Waals surface area contributed by atoms with Gasteiger partial charge in [0.2, 0.25) is 0 Å². The first kappa shape index (κ1) is 26.1. The Kier molecular flexibility index (Phi) is 13.4. The van der Waals surface area contributed by atoms with Crippen molar-refractivity contribution in [3.63, 3.8) is 0 Å². The van der Waals surface area contributed by atoms with Crippen molar-refractivity contribution in [2.75, 3.05) is 26.4 Å². The van der Waals surface area contributed by atoms with Crippen LogP contribution >= 0.6 is 0 Å². The molecule has 2 aromatic rings. The summed E-state index contributed by atoms with van der Waals surface area (Å²) in [6, 6.07) is 17.9. The van der Waals surface area contributed by atoms with Gasteiger partial charge in [-0.1, -0.05) is 57.7 Å². The zero-order valence-corrected chi connectivity index (χ0v) is 20.3. The van der Waals surface area contributed by atoms with Gasteiger partial charge in [0.15, 0.2) is 0 Å². The number of hydrogen-bond donors (Lipinski definition) is 0. The quantitative estimate of drug-likeness (QED) is 0.227. The topological polar surface area (TPSA) is 36.9 Å². The molecule has 0 aliphatic carbocycles. The van der Waals surface area contributed by atoms with Crippen LogP contribution in [0.25, 0.3) is 0 Å². The molecule has 32 heavy (non-hydrogen) atoms. The maximum atomic E-state index is 6.02. The van der Waals surface area contributed by atoms with Gasteiger partial charge in [0, 0.05) is 6.61 Å². The molecule has 0 aromatic heterocycles. The summed E-state index contributed by atoms with van der Waals surface area (Å²) in [6.07, 6.45) is 8.17. The van der Waals surface area contributed by atoms with E-state index < -0.39 is 0 Å². The minimum absolute atomic E-state index is 0.0375. The molecule has 0 saturated carbocycles. The van der Waals surface area contributed by atoms with E-state index in [0.717, 1.165) is 62.8 Å². The highest BCUT2D eigenvalue weighted by Gasteiger charge is 2.09. The van der Waals surface area contributed by atoms with E-state index in [2.05, 4.69) is 13.8 Å². The Morgan fingerprint density at radius 1 is 0.688 bits per heavy atom. The molecule has 0 amide bonds. The van der Waals surface area contributed by atoms with Crippen LogP contribution in [0, 0.1) is 5.92 Å². The SMILES string of the molecule is CCCCCCOCC(C)Oc1ccc(OCC(CC)CCCOc2ccccc2)cc1. The van der Waals surface area contributed by atoms with Crippen molar-refractivity contribution in [1.29, 1.82) is 0 Å². The highest BCUT2D eigenvalue weighted by Crippen LogP contribution is 2.21. The molecule has 178 valence electrons. The smallest absolute Gasteiger partial charge is 0.120 e. The average molecular weight is 443 g/mol. The normalized spacial score (nSPS) is 12.8. The minimum Gasteiger partial charge on any atom is -0.494 e. The number of para-hydroxylation sites is 1. The second kappa shape index (κ2) is 16.4. The molecule has 0 aliphatic heterocycles.